The summed E-state index contributed by atoms with van der Waals surface area (Å²) in [6.07, 6.45) is 0. The average molecular weight is 850 g/mol. The van der Waals surface area contributed by atoms with Gasteiger partial charge in [-0.05, 0) is 47.9 Å². The van der Waals surface area contributed by atoms with Crippen molar-refractivity contribution in [1.82, 2.24) is 0 Å². The van der Waals surface area contributed by atoms with E-state index in [1.54, 1.807) is 0 Å². The Bertz CT molecular complexity index is 3110. The summed E-state index contributed by atoms with van der Waals surface area (Å²) in [5.41, 5.74) is 1.39. The number of nitrogen functional groups attached to an aromatic ring is 1. The van der Waals surface area contributed by atoms with E-state index in [1.165, 1.54) is 0 Å². The highest BCUT2D eigenvalue weighted by Gasteiger charge is 2.29. The van der Waals surface area contributed by atoms with Crippen LogP contribution in [-0.2, 0) is 50.6 Å². The molecule has 5 rings (SSSR count). The molecule has 0 radical (unpaired) electrons. The molecule has 10 N–H and O–H groups in total. The summed E-state index contributed by atoms with van der Waals surface area (Å²) in [6.45, 7) is 0. The van der Waals surface area contributed by atoms with Crippen molar-refractivity contribution in [2.45, 2.75) is 24.5 Å². The zero-order valence-corrected chi connectivity index (χ0v) is 29.8. The van der Waals surface area contributed by atoms with Crippen molar-refractivity contribution in [1.29, 1.82) is 0 Å². The third-order valence-electron chi connectivity index (χ3n) is 7.20. The second-order valence-corrected chi connectivity index (χ2v) is 17.7. The van der Waals surface area contributed by atoms with Crippen molar-refractivity contribution < 1.29 is 80.2 Å². The summed E-state index contributed by atoms with van der Waals surface area (Å²) >= 11 is 0. The molecule has 0 atom stereocenters. The number of anilines is 1. The molecule has 28 heteroatoms. The van der Waals surface area contributed by atoms with Crippen molar-refractivity contribution in [3.05, 3.63) is 54.6 Å². The van der Waals surface area contributed by atoms with Crippen LogP contribution in [0.25, 0.3) is 21.5 Å². The topological polar surface area (TPSA) is 408 Å². The molecule has 23 nitrogen and oxygen atoms in total. The Balaban J connectivity index is 1.78. The standard InChI is InChI=1S/C26H19N5O18S5/c27-15-6-12(51(38,39)40)7-17(25(15)33)29-30-22-20(54(47,48)49)9-14-13(24(22)32)2-1-3-16(14)28-31-23-19(53(44,45)46)5-10-4-11(50(35,36)37)8-18(52(41,42)43)21(10)26(23)34/h1-9,32-34H,27H2,(H,35,36,37)(H,38,39,40)(H,41,42,43)(H,44,45,46)(H,47,48,49). The zero-order chi connectivity index (χ0) is 40.5. The number of aromatic hydroxyl groups is 3. The molecule has 0 saturated heterocycles. The molecule has 5 aromatic rings. The van der Waals surface area contributed by atoms with Gasteiger partial charge in [0.2, 0.25) is 0 Å². The lowest BCUT2D eigenvalue weighted by atomic mass is 10.1. The van der Waals surface area contributed by atoms with Gasteiger partial charge in [0, 0.05) is 16.2 Å². The van der Waals surface area contributed by atoms with E-state index in [1.807, 2.05) is 0 Å². The molecule has 0 aliphatic carbocycles. The van der Waals surface area contributed by atoms with Gasteiger partial charge in [0.05, 0.1) is 21.2 Å². The molecule has 286 valence electrons. The maximum atomic E-state index is 12.4. The van der Waals surface area contributed by atoms with Crippen molar-refractivity contribution in [3.8, 4) is 17.2 Å². The number of azo groups is 2. The van der Waals surface area contributed by atoms with Gasteiger partial charge in [-0.2, -0.15) is 42.1 Å². The number of rotatable bonds is 9. The summed E-state index contributed by atoms with van der Waals surface area (Å²) in [5, 5.41) is 44.1. The fourth-order valence-electron chi connectivity index (χ4n) is 4.85. The largest absolute Gasteiger partial charge is 0.505 e. The third-order valence-corrected chi connectivity index (χ3v) is 11.5. The number of fused-ring (bicyclic) bond motifs is 2. The minimum atomic E-state index is -5.46. The van der Waals surface area contributed by atoms with E-state index < -0.39 is 137 Å². The van der Waals surface area contributed by atoms with E-state index in [0.717, 1.165) is 18.2 Å². The van der Waals surface area contributed by atoms with Crippen molar-refractivity contribution in [2.24, 2.45) is 20.5 Å². The van der Waals surface area contributed by atoms with Crippen LogP contribution in [0.3, 0.4) is 0 Å². The van der Waals surface area contributed by atoms with Gasteiger partial charge in [-0.3, -0.25) is 22.8 Å². The minimum Gasteiger partial charge on any atom is -0.505 e. The number of phenols is 3. The van der Waals surface area contributed by atoms with Crippen LogP contribution in [0.1, 0.15) is 0 Å². The normalized spacial score (nSPS) is 13.4. The maximum absolute atomic E-state index is 12.4. The number of benzene rings is 5. The van der Waals surface area contributed by atoms with Crippen LogP contribution in [0.15, 0.2) is 99.5 Å². The molecular formula is C26H19N5O18S5. The highest BCUT2D eigenvalue weighted by molar-refractivity contribution is 7.87. The molecule has 0 aromatic heterocycles. The Labute approximate surface area is 302 Å². The average Bonchev–Trinajstić information content (AvgIpc) is 3.02. The van der Waals surface area contributed by atoms with Crippen LogP contribution in [0, 0.1) is 0 Å². The van der Waals surface area contributed by atoms with Crippen molar-refractivity contribution >= 4 is 101 Å². The van der Waals surface area contributed by atoms with E-state index >= 15 is 0 Å². The Kier molecular flexibility index (Phi) is 9.69. The van der Waals surface area contributed by atoms with Crippen molar-refractivity contribution in [3.63, 3.8) is 0 Å². The molecule has 0 unspecified atom stereocenters. The summed E-state index contributed by atoms with van der Waals surface area (Å²) in [7, 11) is -26.4. The predicted molar refractivity (Wildman–Crippen MR) is 181 cm³/mol. The van der Waals surface area contributed by atoms with Crippen LogP contribution in [-0.4, -0.2) is 80.2 Å². The first-order chi connectivity index (χ1) is 24.6. The number of nitrogens with two attached hydrogens (primary N) is 1. The Hall–Kier alpha value is -5.43. The van der Waals surface area contributed by atoms with Crippen LogP contribution in [0.5, 0.6) is 17.2 Å². The summed E-state index contributed by atoms with van der Waals surface area (Å²) in [5.74, 6) is -3.41. The van der Waals surface area contributed by atoms with E-state index in [2.05, 4.69) is 20.5 Å². The van der Waals surface area contributed by atoms with E-state index in [4.69, 9.17) is 5.73 Å². The molecule has 0 aliphatic heterocycles. The van der Waals surface area contributed by atoms with Gasteiger partial charge < -0.3 is 21.1 Å². The molecule has 0 bridgehead atoms. The maximum Gasteiger partial charge on any atom is 0.296 e. The second kappa shape index (κ2) is 13.2. The van der Waals surface area contributed by atoms with E-state index in [0.29, 0.717) is 30.3 Å². The first kappa shape index (κ1) is 39.8. The summed E-state index contributed by atoms with van der Waals surface area (Å²) in [4.78, 5) is -5.98. The first-order valence-electron chi connectivity index (χ1n) is 13.6. The van der Waals surface area contributed by atoms with Crippen LogP contribution >= 0.6 is 0 Å². The first-order valence-corrected chi connectivity index (χ1v) is 20.8. The predicted octanol–water partition coefficient (Wildman–Crippen LogP) is 3.76. The summed E-state index contributed by atoms with van der Waals surface area (Å²) < 4.78 is 169. The molecular weight excluding hydrogens is 831 g/mol. The van der Waals surface area contributed by atoms with Crippen molar-refractivity contribution in [2.75, 3.05) is 5.73 Å². The number of hydrogen-bond donors (Lipinski definition) is 9. The Morgan fingerprint density at radius 1 is 0.463 bits per heavy atom. The van der Waals surface area contributed by atoms with Gasteiger partial charge in [-0.25, -0.2) is 0 Å². The molecule has 0 heterocycles. The van der Waals surface area contributed by atoms with Gasteiger partial charge in [-0.1, -0.05) is 12.1 Å². The Morgan fingerprint density at radius 2 is 0.963 bits per heavy atom. The quantitative estimate of drug-likeness (QED) is 0.0441. The fraction of sp³-hybridized carbons (Fsp3) is 0. The third kappa shape index (κ3) is 7.63. The summed E-state index contributed by atoms with van der Waals surface area (Å²) in [6, 6.07) is 6.27. The lowest BCUT2D eigenvalue weighted by Crippen LogP contribution is -2.06. The van der Waals surface area contributed by atoms with Crippen LogP contribution in [0.4, 0.5) is 28.4 Å². The molecule has 0 amide bonds. The number of phenolic OH excluding ortho intramolecular Hbond substituents is 3. The highest BCUT2D eigenvalue weighted by atomic mass is 32.2. The van der Waals surface area contributed by atoms with Crippen LogP contribution < -0.4 is 5.73 Å². The minimum absolute atomic E-state index is 0.210. The molecule has 0 spiro atoms. The van der Waals surface area contributed by atoms with Gasteiger partial charge in [-0.15, -0.1) is 20.5 Å². The highest BCUT2D eigenvalue weighted by Crippen LogP contribution is 2.47. The van der Waals surface area contributed by atoms with Gasteiger partial charge in [0.1, 0.15) is 31.7 Å². The molecule has 0 aliphatic rings. The van der Waals surface area contributed by atoms with E-state index in [9.17, 15) is 80.2 Å². The zero-order valence-electron chi connectivity index (χ0n) is 25.8. The Morgan fingerprint density at radius 3 is 1.50 bits per heavy atom. The van der Waals surface area contributed by atoms with Gasteiger partial charge in [0.25, 0.3) is 50.6 Å². The smallest absolute Gasteiger partial charge is 0.296 e. The van der Waals surface area contributed by atoms with Gasteiger partial charge >= 0.3 is 0 Å². The molecule has 5 aromatic carbocycles. The second-order valence-electron chi connectivity index (χ2n) is 10.7. The van der Waals surface area contributed by atoms with E-state index in [-0.39, 0.29) is 11.5 Å². The molecule has 54 heavy (non-hydrogen) atoms. The SMILES string of the molecule is Nc1cc(S(=O)(=O)O)cc(N=Nc2c(S(=O)(=O)O)cc3c(N=Nc4c(S(=O)(=O)O)cc5cc(S(=O)(=O)O)cc(S(=O)(=O)O)c5c4O)cccc3c2O)c1O. The lowest BCUT2D eigenvalue weighted by molar-refractivity contribution is 0.469. The van der Waals surface area contributed by atoms with Gasteiger partial charge in [0.15, 0.2) is 17.2 Å². The number of hydrogen-bond acceptors (Lipinski definition) is 18. The fourth-order valence-corrected chi connectivity index (χ4v) is 8.06. The van der Waals surface area contributed by atoms with Crippen LogP contribution in [0.2, 0.25) is 0 Å². The number of nitrogens with zero attached hydrogens (tertiary/aromatic N) is 4. The molecule has 0 fully saturated rings. The monoisotopic (exact) mass is 849 g/mol. The lowest BCUT2D eigenvalue weighted by Gasteiger charge is -2.13. The molecule has 0 saturated carbocycles.